The second kappa shape index (κ2) is 7.33. The highest BCUT2D eigenvalue weighted by Crippen LogP contribution is 2.26. The third-order valence-corrected chi connectivity index (χ3v) is 3.56. The Balaban J connectivity index is 2.41. The molecule has 8 heteroatoms. The fourth-order valence-corrected chi connectivity index (χ4v) is 2.28. The highest BCUT2D eigenvalue weighted by Gasteiger charge is 2.32. The van der Waals surface area contributed by atoms with Crippen LogP contribution >= 0.6 is 0 Å². The molecule has 24 heavy (non-hydrogen) atoms. The first-order valence-corrected chi connectivity index (χ1v) is 7.48. The third kappa shape index (κ3) is 4.03. The molecular formula is C16H20N4O4. The molecule has 0 bridgehead atoms. The van der Waals surface area contributed by atoms with E-state index in [-0.39, 0.29) is 5.69 Å². The van der Waals surface area contributed by atoms with Gasteiger partial charge < -0.3 is 9.84 Å². The number of nitro groups is 1. The Morgan fingerprint density at radius 2 is 2.12 bits per heavy atom. The molecule has 1 heterocycles. The van der Waals surface area contributed by atoms with Gasteiger partial charge in [-0.1, -0.05) is 0 Å². The molecule has 128 valence electrons. The number of hydrogen-bond acceptors (Lipinski definition) is 6. The van der Waals surface area contributed by atoms with Crippen LogP contribution in [0.15, 0.2) is 36.9 Å². The minimum atomic E-state index is -0.977. The Morgan fingerprint density at radius 1 is 1.46 bits per heavy atom. The van der Waals surface area contributed by atoms with Gasteiger partial charge in [0.1, 0.15) is 18.8 Å². The van der Waals surface area contributed by atoms with Gasteiger partial charge >= 0.3 is 0 Å². The number of ether oxygens (including phenoxy) is 1. The fourth-order valence-electron chi connectivity index (χ4n) is 2.28. The van der Waals surface area contributed by atoms with E-state index in [0.29, 0.717) is 17.9 Å². The molecule has 0 aliphatic rings. The molecule has 0 aliphatic heterocycles. The number of hydrogen-bond donors (Lipinski definition) is 1. The summed E-state index contributed by atoms with van der Waals surface area (Å²) in [6.45, 7) is 5.86. The molecule has 0 fully saturated rings. The number of aromatic nitrogens is 3. The predicted octanol–water partition coefficient (Wildman–Crippen LogP) is 2.36. The Bertz CT molecular complexity index is 708. The van der Waals surface area contributed by atoms with Crippen molar-refractivity contribution in [3.8, 4) is 0 Å². The number of non-ortho nitro benzene ring substituents is 1. The van der Waals surface area contributed by atoms with Crippen LogP contribution in [-0.4, -0.2) is 43.1 Å². The van der Waals surface area contributed by atoms with Gasteiger partial charge in [-0.05, 0) is 44.5 Å². The second-order valence-electron chi connectivity index (χ2n) is 5.70. The molecule has 0 aliphatic carbocycles. The molecule has 0 radical (unpaired) electrons. The van der Waals surface area contributed by atoms with Crippen molar-refractivity contribution >= 4 is 17.5 Å². The van der Waals surface area contributed by atoms with Crippen LogP contribution in [-0.2, 0) is 4.74 Å². The summed E-state index contributed by atoms with van der Waals surface area (Å²) >= 11 is 0. The Kier molecular flexibility index (Phi) is 5.42. The van der Waals surface area contributed by atoms with Gasteiger partial charge in [0.15, 0.2) is 0 Å². The molecule has 1 aromatic heterocycles. The van der Waals surface area contributed by atoms with Gasteiger partial charge in [0.25, 0.3) is 5.69 Å². The maximum atomic E-state index is 10.8. The van der Waals surface area contributed by atoms with Gasteiger partial charge in [-0.3, -0.25) is 10.1 Å². The Morgan fingerprint density at radius 3 is 2.62 bits per heavy atom. The summed E-state index contributed by atoms with van der Waals surface area (Å²) in [5.41, 5.74) is 0.315. The first kappa shape index (κ1) is 17.8. The van der Waals surface area contributed by atoms with Crippen LogP contribution in [0.25, 0.3) is 11.8 Å². The number of aliphatic hydroxyl groups is 1. The van der Waals surface area contributed by atoms with E-state index in [9.17, 15) is 15.2 Å². The van der Waals surface area contributed by atoms with Crippen LogP contribution in [0.3, 0.4) is 0 Å². The molecule has 0 saturated carbocycles. The monoisotopic (exact) mass is 332 g/mol. The lowest BCUT2D eigenvalue weighted by Gasteiger charge is -2.31. The van der Waals surface area contributed by atoms with Crippen LogP contribution in [0.1, 0.15) is 26.3 Å². The molecule has 8 nitrogen and oxygen atoms in total. The molecule has 1 unspecified atom stereocenters. The van der Waals surface area contributed by atoms with Gasteiger partial charge in [-0.15, -0.1) is 0 Å². The molecule has 0 amide bonds. The zero-order valence-corrected chi connectivity index (χ0v) is 13.8. The summed E-state index contributed by atoms with van der Waals surface area (Å²) in [4.78, 5) is 14.2. The molecule has 2 rings (SSSR count). The van der Waals surface area contributed by atoms with Crippen molar-refractivity contribution in [2.45, 2.75) is 32.5 Å². The smallest absolute Gasteiger partial charge is 0.269 e. The zero-order chi connectivity index (χ0) is 17.7. The highest BCUT2D eigenvalue weighted by atomic mass is 16.6. The predicted molar refractivity (Wildman–Crippen MR) is 89.0 cm³/mol. The third-order valence-electron chi connectivity index (χ3n) is 3.56. The lowest BCUT2D eigenvalue weighted by atomic mass is 9.97. The van der Waals surface area contributed by atoms with Crippen LogP contribution < -0.4 is 0 Å². The van der Waals surface area contributed by atoms with Crippen molar-refractivity contribution < 1.29 is 14.8 Å². The quantitative estimate of drug-likeness (QED) is 0.616. The lowest BCUT2D eigenvalue weighted by Crippen LogP contribution is -2.41. The molecule has 1 atom stereocenters. The molecule has 0 saturated heterocycles. The zero-order valence-electron chi connectivity index (χ0n) is 13.8. The van der Waals surface area contributed by atoms with E-state index in [1.807, 2.05) is 6.92 Å². The summed E-state index contributed by atoms with van der Waals surface area (Å²) in [7, 11) is 0. The maximum absolute atomic E-state index is 10.8. The topological polar surface area (TPSA) is 103 Å². The lowest BCUT2D eigenvalue weighted by molar-refractivity contribution is -0.384. The number of aliphatic hydroxyl groups excluding tert-OH is 1. The van der Waals surface area contributed by atoms with Gasteiger partial charge in [-0.25, -0.2) is 9.67 Å². The van der Waals surface area contributed by atoms with Crippen molar-refractivity contribution in [1.29, 1.82) is 0 Å². The first-order chi connectivity index (χ1) is 11.3. The largest absolute Gasteiger partial charge is 0.384 e. The van der Waals surface area contributed by atoms with Crippen molar-refractivity contribution in [3.05, 3.63) is 52.6 Å². The summed E-state index contributed by atoms with van der Waals surface area (Å²) in [6, 6.07) is 6.03. The minimum absolute atomic E-state index is 0.00431. The maximum Gasteiger partial charge on any atom is 0.269 e. The number of rotatable bonds is 7. The molecule has 1 N–H and O–H groups in total. The molecule has 1 aromatic carbocycles. The van der Waals surface area contributed by atoms with E-state index >= 15 is 0 Å². The highest BCUT2D eigenvalue weighted by molar-refractivity contribution is 5.73. The van der Waals surface area contributed by atoms with Crippen LogP contribution in [0, 0.1) is 10.1 Å². The van der Waals surface area contributed by atoms with Crippen molar-refractivity contribution in [2.24, 2.45) is 0 Å². The number of nitrogens with zero attached hydrogens (tertiary/aromatic N) is 4. The molecule has 2 aromatic rings. The van der Waals surface area contributed by atoms with E-state index in [0.717, 1.165) is 0 Å². The fraction of sp³-hybridized carbons (Fsp3) is 0.375. The normalized spacial score (nSPS) is 13.8. The summed E-state index contributed by atoms with van der Waals surface area (Å²) < 4.78 is 7.07. The van der Waals surface area contributed by atoms with Gasteiger partial charge in [0.2, 0.25) is 0 Å². The summed E-state index contributed by atoms with van der Waals surface area (Å²) in [6.07, 6.45) is 3.56. The molecular weight excluding hydrogens is 312 g/mol. The van der Waals surface area contributed by atoms with Crippen molar-refractivity contribution in [3.63, 3.8) is 0 Å². The van der Waals surface area contributed by atoms with E-state index in [2.05, 4.69) is 10.1 Å². The average molecular weight is 332 g/mol. The van der Waals surface area contributed by atoms with Crippen LogP contribution in [0.4, 0.5) is 5.69 Å². The van der Waals surface area contributed by atoms with E-state index < -0.39 is 16.6 Å². The van der Waals surface area contributed by atoms with Crippen LogP contribution in [0.5, 0.6) is 0 Å². The van der Waals surface area contributed by atoms with E-state index in [1.54, 1.807) is 32.1 Å². The van der Waals surface area contributed by atoms with Crippen molar-refractivity contribution in [2.75, 3.05) is 6.61 Å². The van der Waals surface area contributed by atoms with Crippen molar-refractivity contribution in [1.82, 2.24) is 14.8 Å². The SMILES string of the molecule is CCOC(C)(C)C(O)C(=Cc1ccc([N+](=O)[O-])cc1)n1cncn1. The number of benzene rings is 1. The minimum Gasteiger partial charge on any atom is -0.384 e. The van der Waals surface area contributed by atoms with Gasteiger partial charge in [0.05, 0.1) is 16.2 Å². The van der Waals surface area contributed by atoms with E-state index in [4.69, 9.17) is 4.74 Å². The first-order valence-electron chi connectivity index (χ1n) is 7.48. The van der Waals surface area contributed by atoms with Crippen LogP contribution in [0.2, 0.25) is 0 Å². The standard InChI is InChI=1S/C16H20N4O4/c1-4-24-16(2,3)15(21)14(19-11-17-10-18-19)9-12-5-7-13(8-6-12)20(22)23/h5-11,15,21H,4H2,1-3H3. The second-order valence-corrected chi connectivity index (χ2v) is 5.70. The molecule has 0 spiro atoms. The van der Waals surface area contributed by atoms with Gasteiger partial charge in [0, 0.05) is 18.7 Å². The van der Waals surface area contributed by atoms with Gasteiger partial charge in [-0.2, -0.15) is 5.10 Å². The summed E-state index contributed by atoms with van der Waals surface area (Å²) in [5, 5.41) is 25.6. The Labute approximate surface area is 139 Å². The number of nitro benzene ring substituents is 1. The van der Waals surface area contributed by atoms with E-state index in [1.165, 1.54) is 29.5 Å². The average Bonchev–Trinajstić information content (AvgIpc) is 3.06. The summed E-state index contributed by atoms with van der Waals surface area (Å²) in [5.74, 6) is 0. The Hall–Kier alpha value is -2.58.